The van der Waals surface area contributed by atoms with Gasteiger partial charge >= 0.3 is 5.97 Å². The number of hydrogen-bond acceptors (Lipinski definition) is 3. The fraction of sp³-hybridized carbons (Fsp3) is 0.167. The van der Waals surface area contributed by atoms with E-state index in [9.17, 15) is 9.59 Å². The number of hydrogen-bond donors (Lipinski definition) is 1. The second kappa shape index (κ2) is 3.93. The van der Waals surface area contributed by atoms with Crippen LogP contribution in [0.15, 0.2) is 29.0 Å². The van der Waals surface area contributed by atoms with Crippen LogP contribution in [0.1, 0.15) is 32.2 Å². The number of carboxylic acid groups (broad SMARTS) is 1. The van der Waals surface area contributed by atoms with Crippen molar-refractivity contribution in [3.63, 3.8) is 0 Å². The maximum atomic E-state index is 12.1. The summed E-state index contributed by atoms with van der Waals surface area (Å²) in [5.41, 5.74) is 0.872. The third kappa shape index (κ3) is 1.87. The van der Waals surface area contributed by atoms with Crippen LogP contribution >= 0.6 is 0 Å². The Kier molecular flexibility index (Phi) is 2.59. The largest absolute Gasteiger partial charge is 0.477 e. The molecule has 88 valence electrons. The maximum Gasteiger partial charge on any atom is 0.352 e. The van der Waals surface area contributed by atoms with Gasteiger partial charge in [-0.15, -0.1) is 0 Å². The highest BCUT2D eigenvalue weighted by molar-refractivity contribution is 6.10. The third-order valence-electron chi connectivity index (χ3n) is 2.59. The molecule has 5 heteroatoms. The Morgan fingerprint density at radius 1 is 1.41 bits per heavy atom. The summed E-state index contributed by atoms with van der Waals surface area (Å²) in [6.07, 6.45) is 2.93. The summed E-state index contributed by atoms with van der Waals surface area (Å²) in [7, 11) is 1.59. The van der Waals surface area contributed by atoms with E-state index in [2.05, 4.69) is 0 Å². The zero-order chi connectivity index (χ0) is 12.6. The van der Waals surface area contributed by atoms with E-state index in [1.165, 1.54) is 23.1 Å². The molecule has 0 aliphatic rings. The SMILES string of the molecule is Cc1occc1C(=O)c1cc(C(=O)O)n(C)c1. The minimum atomic E-state index is -1.06. The van der Waals surface area contributed by atoms with E-state index >= 15 is 0 Å². The highest BCUT2D eigenvalue weighted by Crippen LogP contribution is 2.17. The Bertz CT molecular complexity index is 591. The van der Waals surface area contributed by atoms with Crippen LogP contribution in [-0.4, -0.2) is 21.4 Å². The molecule has 0 spiro atoms. The standard InChI is InChI=1S/C12H11NO4/c1-7-9(3-4-17-7)11(14)8-5-10(12(15)16)13(2)6-8/h3-6H,1-2H3,(H,15,16). The summed E-state index contributed by atoms with van der Waals surface area (Å²) in [4.78, 5) is 22.9. The minimum Gasteiger partial charge on any atom is -0.477 e. The van der Waals surface area contributed by atoms with Crippen molar-refractivity contribution in [1.29, 1.82) is 0 Å². The molecule has 0 bridgehead atoms. The number of ketones is 1. The lowest BCUT2D eigenvalue weighted by Gasteiger charge is -1.94. The summed E-state index contributed by atoms with van der Waals surface area (Å²) in [5.74, 6) is -0.773. The van der Waals surface area contributed by atoms with E-state index in [1.807, 2.05) is 0 Å². The first-order valence-corrected chi connectivity index (χ1v) is 4.99. The molecule has 0 saturated carbocycles. The van der Waals surface area contributed by atoms with E-state index in [0.717, 1.165) is 0 Å². The maximum absolute atomic E-state index is 12.1. The van der Waals surface area contributed by atoms with Gasteiger partial charge in [0, 0.05) is 18.8 Å². The van der Waals surface area contributed by atoms with Crippen LogP contribution in [0.25, 0.3) is 0 Å². The normalized spacial score (nSPS) is 10.5. The number of furan rings is 1. The Hall–Kier alpha value is -2.30. The molecular weight excluding hydrogens is 222 g/mol. The van der Waals surface area contributed by atoms with Crippen molar-refractivity contribution in [3.05, 3.63) is 47.2 Å². The first kappa shape index (κ1) is 11.2. The monoisotopic (exact) mass is 233 g/mol. The van der Waals surface area contributed by atoms with Gasteiger partial charge in [-0.25, -0.2) is 4.79 Å². The van der Waals surface area contributed by atoms with Gasteiger partial charge in [0.1, 0.15) is 11.5 Å². The molecule has 5 nitrogen and oxygen atoms in total. The second-order valence-electron chi connectivity index (χ2n) is 3.75. The smallest absolute Gasteiger partial charge is 0.352 e. The molecule has 2 rings (SSSR count). The Morgan fingerprint density at radius 2 is 2.12 bits per heavy atom. The van der Waals surface area contributed by atoms with Crippen molar-refractivity contribution < 1.29 is 19.1 Å². The van der Waals surface area contributed by atoms with Gasteiger partial charge in [-0.2, -0.15) is 0 Å². The van der Waals surface area contributed by atoms with Gasteiger partial charge in [-0.05, 0) is 19.1 Å². The predicted octanol–water partition coefficient (Wildman–Crippen LogP) is 1.86. The number of carbonyl (C=O) groups excluding carboxylic acids is 1. The topological polar surface area (TPSA) is 72.4 Å². The highest BCUT2D eigenvalue weighted by atomic mass is 16.4. The van der Waals surface area contributed by atoms with Gasteiger partial charge in [0.15, 0.2) is 5.78 Å². The van der Waals surface area contributed by atoms with E-state index in [0.29, 0.717) is 16.9 Å². The van der Waals surface area contributed by atoms with E-state index in [1.54, 1.807) is 20.0 Å². The number of carboxylic acids is 1. The van der Waals surface area contributed by atoms with E-state index < -0.39 is 5.97 Å². The average molecular weight is 233 g/mol. The molecule has 0 fully saturated rings. The summed E-state index contributed by atoms with van der Waals surface area (Å²) in [6, 6.07) is 2.93. The van der Waals surface area contributed by atoms with Gasteiger partial charge in [0.05, 0.1) is 11.8 Å². The summed E-state index contributed by atoms with van der Waals surface area (Å²) in [6.45, 7) is 1.69. The van der Waals surface area contributed by atoms with Crippen LogP contribution in [0.4, 0.5) is 0 Å². The van der Waals surface area contributed by atoms with Crippen LogP contribution in [0.3, 0.4) is 0 Å². The van der Waals surface area contributed by atoms with Gasteiger partial charge in [-0.3, -0.25) is 4.79 Å². The number of nitrogens with zero attached hydrogens (tertiary/aromatic N) is 1. The molecule has 2 aromatic rings. The Balaban J connectivity index is 2.42. The molecule has 2 aromatic heterocycles. The lowest BCUT2D eigenvalue weighted by molar-refractivity contribution is 0.0686. The molecule has 1 N–H and O–H groups in total. The van der Waals surface area contributed by atoms with Crippen molar-refractivity contribution in [2.45, 2.75) is 6.92 Å². The average Bonchev–Trinajstić information content (AvgIpc) is 2.83. The molecule has 0 radical (unpaired) electrons. The zero-order valence-corrected chi connectivity index (χ0v) is 9.43. The molecule has 0 unspecified atom stereocenters. The molecule has 0 atom stereocenters. The lowest BCUT2D eigenvalue weighted by atomic mass is 10.1. The van der Waals surface area contributed by atoms with Crippen LogP contribution in [-0.2, 0) is 7.05 Å². The van der Waals surface area contributed by atoms with Crippen molar-refractivity contribution in [3.8, 4) is 0 Å². The highest BCUT2D eigenvalue weighted by Gasteiger charge is 2.18. The third-order valence-corrected chi connectivity index (χ3v) is 2.59. The fourth-order valence-electron chi connectivity index (χ4n) is 1.68. The molecule has 0 amide bonds. The van der Waals surface area contributed by atoms with Crippen molar-refractivity contribution >= 4 is 11.8 Å². The lowest BCUT2D eigenvalue weighted by Crippen LogP contribution is -2.02. The zero-order valence-electron chi connectivity index (χ0n) is 9.43. The van der Waals surface area contributed by atoms with Crippen molar-refractivity contribution in [2.75, 3.05) is 0 Å². The Morgan fingerprint density at radius 3 is 2.59 bits per heavy atom. The number of aromatic carboxylic acids is 1. The van der Waals surface area contributed by atoms with Gasteiger partial charge in [0.2, 0.25) is 0 Å². The second-order valence-corrected chi connectivity index (χ2v) is 3.75. The van der Waals surface area contributed by atoms with Gasteiger partial charge in [-0.1, -0.05) is 0 Å². The summed E-state index contributed by atoms with van der Waals surface area (Å²) < 4.78 is 6.46. The van der Waals surface area contributed by atoms with Crippen molar-refractivity contribution in [1.82, 2.24) is 4.57 Å². The fourth-order valence-corrected chi connectivity index (χ4v) is 1.68. The first-order chi connectivity index (χ1) is 8.00. The van der Waals surface area contributed by atoms with Crippen LogP contribution < -0.4 is 0 Å². The van der Waals surface area contributed by atoms with Crippen LogP contribution in [0.2, 0.25) is 0 Å². The molecular formula is C12H11NO4. The molecule has 17 heavy (non-hydrogen) atoms. The van der Waals surface area contributed by atoms with Gasteiger partial charge < -0.3 is 14.1 Å². The summed E-state index contributed by atoms with van der Waals surface area (Å²) >= 11 is 0. The molecule has 0 aliphatic heterocycles. The molecule has 0 aliphatic carbocycles. The molecule has 0 aromatic carbocycles. The van der Waals surface area contributed by atoms with E-state index in [-0.39, 0.29) is 11.5 Å². The molecule has 0 saturated heterocycles. The van der Waals surface area contributed by atoms with Gasteiger partial charge in [0.25, 0.3) is 0 Å². The first-order valence-electron chi connectivity index (χ1n) is 4.99. The quantitative estimate of drug-likeness (QED) is 0.821. The van der Waals surface area contributed by atoms with Crippen molar-refractivity contribution in [2.24, 2.45) is 7.05 Å². The predicted molar refractivity (Wildman–Crippen MR) is 59.2 cm³/mol. The molecule has 2 heterocycles. The number of aryl methyl sites for hydroxylation is 2. The Labute approximate surface area is 97.3 Å². The van der Waals surface area contributed by atoms with Crippen LogP contribution in [0, 0.1) is 6.92 Å². The number of rotatable bonds is 3. The number of carbonyl (C=O) groups is 2. The summed E-state index contributed by atoms with van der Waals surface area (Å²) in [5, 5.41) is 8.90. The van der Waals surface area contributed by atoms with E-state index in [4.69, 9.17) is 9.52 Å². The number of aromatic nitrogens is 1. The van der Waals surface area contributed by atoms with Crippen LogP contribution in [0.5, 0.6) is 0 Å². The minimum absolute atomic E-state index is 0.0782.